The third-order valence-corrected chi connectivity index (χ3v) is 7.22. The van der Waals surface area contributed by atoms with Gasteiger partial charge in [-0.15, -0.1) is 11.3 Å². The molecule has 3 aromatic rings. The molecule has 3 heterocycles. The van der Waals surface area contributed by atoms with Gasteiger partial charge in [0.15, 0.2) is 10.8 Å². The molecule has 0 unspecified atom stereocenters. The van der Waals surface area contributed by atoms with Crippen LogP contribution in [0.3, 0.4) is 0 Å². The van der Waals surface area contributed by atoms with Gasteiger partial charge in [0, 0.05) is 24.0 Å². The Morgan fingerprint density at radius 2 is 1.94 bits per heavy atom. The van der Waals surface area contributed by atoms with E-state index in [0.717, 1.165) is 30.0 Å². The van der Waals surface area contributed by atoms with E-state index in [1.54, 1.807) is 12.1 Å². The standard InChI is InChI=1S/C22H24N4O4S2/c1-15-6-11-19(30-15)22-25-17(14-31-22)13-21(27)24-16-7-9-18(10-8-16)32(28,29)26-20-5-3-2-4-12-23-20/h6-11,14H,2-5,12-13H2,1H3,(H,23,26)(H,24,27). The predicted octanol–water partition coefficient (Wildman–Crippen LogP) is 4.14. The topological polar surface area (TPSA) is 114 Å². The largest absolute Gasteiger partial charge is 0.459 e. The monoisotopic (exact) mass is 472 g/mol. The summed E-state index contributed by atoms with van der Waals surface area (Å²) < 4.78 is 33.4. The van der Waals surface area contributed by atoms with Crippen molar-refractivity contribution in [2.75, 3.05) is 11.9 Å². The molecule has 0 bridgehead atoms. The molecular weight excluding hydrogens is 448 g/mol. The Bertz CT molecular complexity index is 1230. The van der Waals surface area contributed by atoms with Crippen LogP contribution < -0.4 is 10.0 Å². The molecule has 8 nitrogen and oxygen atoms in total. The van der Waals surface area contributed by atoms with E-state index in [-0.39, 0.29) is 17.2 Å². The molecule has 1 amide bonds. The van der Waals surface area contributed by atoms with Crippen LogP contribution in [0.15, 0.2) is 56.1 Å². The van der Waals surface area contributed by atoms with Crippen molar-refractivity contribution in [3.05, 3.63) is 53.2 Å². The lowest BCUT2D eigenvalue weighted by atomic mass is 10.2. The number of sulfonamides is 1. The molecule has 2 N–H and O–H groups in total. The number of benzene rings is 1. The number of thiazole rings is 1. The Kier molecular flexibility index (Phi) is 6.71. The number of hydrogen-bond acceptors (Lipinski definition) is 7. The highest BCUT2D eigenvalue weighted by molar-refractivity contribution is 7.90. The minimum absolute atomic E-state index is 0.109. The van der Waals surface area contributed by atoms with Crippen molar-refractivity contribution in [3.8, 4) is 10.8 Å². The van der Waals surface area contributed by atoms with E-state index in [1.165, 1.54) is 23.5 Å². The fourth-order valence-electron chi connectivity index (χ4n) is 3.31. The number of aryl methyl sites for hydroxylation is 1. The van der Waals surface area contributed by atoms with Crippen LogP contribution >= 0.6 is 11.3 Å². The quantitative estimate of drug-likeness (QED) is 0.560. The third-order valence-electron chi connectivity index (χ3n) is 4.92. The molecule has 0 atom stereocenters. The second kappa shape index (κ2) is 9.66. The lowest BCUT2D eigenvalue weighted by molar-refractivity contribution is -0.115. The smallest absolute Gasteiger partial charge is 0.262 e. The van der Waals surface area contributed by atoms with E-state index in [4.69, 9.17) is 4.42 Å². The minimum atomic E-state index is -3.70. The van der Waals surface area contributed by atoms with Gasteiger partial charge in [-0.1, -0.05) is 6.42 Å². The molecular formula is C22H24N4O4S2. The van der Waals surface area contributed by atoms with Gasteiger partial charge in [-0.25, -0.2) is 13.4 Å². The summed E-state index contributed by atoms with van der Waals surface area (Å²) in [6.07, 6.45) is 3.69. The van der Waals surface area contributed by atoms with Crippen LogP contribution in [0.5, 0.6) is 0 Å². The van der Waals surface area contributed by atoms with Crippen molar-refractivity contribution in [1.29, 1.82) is 0 Å². The highest BCUT2D eigenvalue weighted by Gasteiger charge is 2.17. The summed E-state index contributed by atoms with van der Waals surface area (Å²) in [7, 11) is -3.70. The van der Waals surface area contributed by atoms with E-state index >= 15 is 0 Å². The van der Waals surface area contributed by atoms with E-state index in [9.17, 15) is 13.2 Å². The average Bonchev–Trinajstić information content (AvgIpc) is 3.31. The number of nitrogens with zero attached hydrogens (tertiary/aromatic N) is 2. The van der Waals surface area contributed by atoms with Gasteiger partial charge in [0.2, 0.25) is 5.91 Å². The predicted molar refractivity (Wildman–Crippen MR) is 124 cm³/mol. The second-order valence-electron chi connectivity index (χ2n) is 7.55. The van der Waals surface area contributed by atoms with Crippen LogP contribution in [0.1, 0.15) is 37.1 Å². The second-order valence-corrected chi connectivity index (χ2v) is 10.1. The molecule has 0 saturated heterocycles. The number of hydrogen-bond donors (Lipinski definition) is 2. The SMILES string of the molecule is Cc1ccc(-c2nc(CC(=O)Nc3ccc(S(=O)(=O)NC4=NCCCCC4)cc3)cs2)o1. The van der Waals surface area contributed by atoms with Gasteiger partial charge in [-0.05, 0) is 56.2 Å². The molecule has 0 radical (unpaired) electrons. The van der Waals surface area contributed by atoms with Crippen LogP contribution in [0.25, 0.3) is 10.8 Å². The van der Waals surface area contributed by atoms with Crippen LogP contribution in [0.2, 0.25) is 0 Å². The summed E-state index contributed by atoms with van der Waals surface area (Å²) in [6.45, 7) is 2.51. The Balaban J connectivity index is 1.35. The van der Waals surface area contributed by atoms with Crippen molar-refractivity contribution in [3.63, 3.8) is 0 Å². The van der Waals surface area contributed by atoms with Gasteiger partial charge in [0.05, 0.1) is 17.0 Å². The number of carbonyl (C=O) groups is 1. The third kappa shape index (κ3) is 5.63. The molecule has 168 valence electrons. The Labute approximate surface area is 190 Å². The summed E-state index contributed by atoms with van der Waals surface area (Å²) in [6, 6.07) is 9.79. The Morgan fingerprint density at radius 3 is 2.69 bits per heavy atom. The van der Waals surface area contributed by atoms with Crippen LogP contribution in [0.4, 0.5) is 5.69 Å². The first-order chi connectivity index (χ1) is 15.4. The maximum atomic E-state index is 12.6. The number of furan rings is 1. The van der Waals surface area contributed by atoms with Gasteiger partial charge in [0.1, 0.15) is 11.6 Å². The number of amidine groups is 1. The van der Waals surface area contributed by atoms with Crippen LogP contribution in [-0.2, 0) is 21.2 Å². The Morgan fingerprint density at radius 1 is 1.12 bits per heavy atom. The number of carbonyl (C=O) groups excluding carboxylic acids is 1. The van der Waals surface area contributed by atoms with Gasteiger partial charge < -0.3 is 9.73 Å². The Hall–Kier alpha value is -2.98. The van der Waals surface area contributed by atoms with Crippen molar-refractivity contribution < 1.29 is 17.6 Å². The molecule has 0 saturated carbocycles. The zero-order valence-corrected chi connectivity index (χ0v) is 19.3. The fourth-order valence-corrected chi connectivity index (χ4v) is 5.18. The highest BCUT2D eigenvalue weighted by atomic mass is 32.2. The van der Waals surface area contributed by atoms with Gasteiger partial charge in [0.25, 0.3) is 10.0 Å². The van der Waals surface area contributed by atoms with E-state index in [2.05, 4.69) is 20.0 Å². The molecule has 1 aliphatic rings. The molecule has 1 aromatic carbocycles. The molecule has 0 spiro atoms. The zero-order valence-electron chi connectivity index (χ0n) is 17.6. The van der Waals surface area contributed by atoms with Crippen molar-refractivity contribution in [2.24, 2.45) is 4.99 Å². The summed E-state index contributed by atoms with van der Waals surface area (Å²) in [5, 5.41) is 5.32. The lowest BCUT2D eigenvalue weighted by Crippen LogP contribution is -2.30. The van der Waals surface area contributed by atoms with Crippen molar-refractivity contribution in [1.82, 2.24) is 9.71 Å². The molecule has 0 aliphatic carbocycles. The van der Waals surface area contributed by atoms with E-state index < -0.39 is 10.0 Å². The average molecular weight is 473 g/mol. The van der Waals surface area contributed by atoms with Crippen LogP contribution in [-0.4, -0.2) is 31.7 Å². The molecule has 2 aromatic heterocycles. The number of amides is 1. The normalized spacial score (nSPS) is 14.5. The molecule has 0 fully saturated rings. The number of nitrogens with one attached hydrogen (secondary N) is 2. The first-order valence-corrected chi connectivity index (χ1v) is 12.7. The van der Waals surface area contributed by atoms with Gasteiger partial charge >= 0.3 is 0 Å². The van der Waals surface area contributed by atoms with Crippen LogP contribution in [0, 0.1) is 6.92 Å². The van der Waals surface area contributed by atoms with E-state index in [0.29, 0.717) is 35.9 Å². The number of aliphatic imine (C=N–C) groups is 1. The summed E-state index contributed by atoms with van der Waals surface area (Å²) in [5.74, 6) is 1.75. The summed E-state index contributed by atoms with van der Waals surface area (Å²) in [5.41, 5.74) is 1.15. The molecule has 4 rings (SSSR count). The maximum Gasteiger partial charge on any atom is 0.262 e. The first-order valence-electron chi connectivity index (χ1n) is 10.4. The van der Waals surface area contributed by atoms with Gasteiger partial charge in [-0.3, -0.25) is 14.5 Å². The number of anilines is 1. The van der Waals surface area contributed by atoms with E-state index in [1.807, 2.05) is 24.4 Å². The lowest BCUT2D eigenvalue weighted by Gasteiger charge is -2.10. The fraction of sp³-hybridized carbons (Fsp3) is 0.318. The highest BCUT2D eigenvalue weighted by Crippen LogP contribution is 2.26. The summed E-state index contributed by atoms with van der Waals surface area (Å²) in [4.78, 5) is 21.3. The van der Waals surface area contributed by atoms with Crippen molar-refractivity contribution in [2.45, 2.75) is 43.9 Å². The maximum absolute atomic E-state index is 12.6. The number of rotatable bonds is 6. The molecule has 1 aliphatic heterocycles. The number of aromatic nitrogens is 1. The minimum Gasteiger partial charge on any atom is -0.459 e. The zero-order chi connectivity index (χ0) is 22.6. The van der Waals surface area contributed by atoms with Crippen molar-refractivity contribution >= 4 is 38.8 Å². The molecule has 10 heteroatoms. The molecule has 32 heavy (non-hydrogen) atoms. The van der Waals surface area contributed by atoms with Gasteiger partial charge in [-0.2, -0.15) is 0 Å². The summed E-state index contributed by atoms with van der Waals surface area (Å²) >= 11 is 1.42. The first kappa shape index (κ1) is 22.2.